The second-order valence-corrected chi connectivity index (χ2v) is 9.03. The van der Waals surface area contributed by atoms with Crippen LogP contribution in [0.5, 0.6) is 5.75 Å². The lowest BCUT2D eigenvalue weighted by molar-refractivity contribution is -0.116. The van der Waals surface area contributed by atoms with E-state index < -0.39 is 0 Å². The average molecular weight is 465 g/mol. The Hall–Kier alpha value is -3.22. The first kappa shape index (κ1) is 23.9. The molecule has 34 heavy (non-hydrogen) atoms. The lowest BCUT2D eigenvalue weighted by Gasteiger charge is -2.39. The lowest BCUT2D eigenvalue weighted by atomic mass is 10.1. The predicted octanol–water partition coefficient (Wildman–Crippen LogP) is 4.39. The maximum Gasteiger partial charge on any atom is 0.256 e. The highest BCUT2D eigenvalue weighted by atomic mass is 16.5. The molecule has 2 aromatic rings. The van der Waals surface area contributed by atoms with E-state index in [1.54, 1.807) is 7.11 Å². The fraction of sp³-hybridized carbons (Fsp3) is 0.481. The molecule has 0 aromatic heterocycles. The summed E-state index contributed by atoms with van der Waals surface area (Å²) >= 11 is 0. The summed E-state index contributed by atoms with van der Waals surface area (Å²) in [7, 11) is 1.70. The number of hydrogen-bond donors (Lipinski definition) is 1. The minimum Gasteiger partial charge on any atom is -0.495 e. The third-order valence-electron chi connectivity index (χ3n) is 6.68. The third-order valence-corrected chi connectivity index (χ3v) is 6.68. The normalized spacial score (nSPS) is 16.4. The summed E-state index contributed by atoms with van der Waals surface area (Å²) in [5.41, 5.74) is 3.42. The third kappa shape index (κ3) is 5.46. The molecule has 2 fully saturated rings. The van der Waals surface area contributed by atoms with E-state index in [0.717, 1.165) is 75.7 Å². The molecule has 2 aromatic carbocycles. The van der Waals surface area contributed by atoms with Gasteiger partial charge in [0.2, 0.25) is 5.91 Å². The van der Waals surface area contributed by atoms with E-state index in [4.69, 9.17) is 4.74 Å². The van der Waals surface area contributed by atoms with Gasteiger partial charge in [0.05, 0.1) is 18.4 Å². The molecule has 0 atom stereocenters. The summed E-state index contributed by atoms with van der Waals surface area (Å²) < 4.78 is 5.55. The van der Waals surface area contributed by atoms with Crippen molar-refractivity contribution in [2.75, 3.05) is 61.5 Å². The molecule has 2 aliphatic rings. The molecule has 0 radical (unpaired) electrons. The van der Waals surface area contributed by atoms with Gasteiger partial charge in [-0.25, -0.2) is 0 Å². The first-order chi connectivity index (χ1) is 16.6. The zero-order valence-electron chi connectivity index (χ0n) is 20.4. The number of nitrogens with one attached hydrogen (secondary N) is 1. The highest BCUT2D eigenvalue weighted by Crippen LogP contribution is 2.31. The molecule has 2 amide bonds. The smallest absolute Gasteiger partial charge is 0.256 e. The second kappa shape index (κ2) is 11.3. The van der Waals surface area contributed by atoms with Crippen molar-refractivity contribution in [2.24, 2.45) is 0 Å². The SMILES string of the molecule is CCCC(=O)Nc1ccc(N2CCN(c3ccccc3OC)CC2)c(C(=O)N2CCCCC2)c1. The number of carbonyl (C=O) groups excluding carboxylic acids is 2. The highest BCUT2D eigenvalue weighted by Gasteiger charge is 2.26. The van der Waals surface area contributed by atoms with Crippen LogP contribution in [0.25, 0.3) is 0 Å². The maximum absolute atomic E-state index is 13.6. The van der Waals surface area contributed by atoms with Gasteiger partial charge in [0.1, 0.15) is 5.75 Å². The maximum atomic E-state index is 13.6. The summed E-state index contributed by atoms with van der Waals surface area (Å²) in [6.07, 6.45) is 4.54. The molecular formula is C27H36N4O3. The Labute approximate surface area is 202 Å². The van der Waals surface area contributed by atoms with Crippen molar-refractivity contribution in [3.63, 3.8) is 0 Å². The topological polar surface area (TPSA) is 65.1 Å². The van der Waals surface area contributed by atoms with Gasteiger partial charge in [0, 0.05) is 57.1 Å². The molecule has 0 bridgehead atoms. The van der Waals surface area contributed by atoms with E-state index in [1.165, 1.54) is 6.42 Å². The molecule has 2 heterocycles. The number of carbonyl (C=O) groups is 2. The van der Waals surface area contributed by atoms with Crippen molar-refractivity contribution >= 4 is 28.9 Å². The Morgan fingerprint density at radius 1 is 0.882 bits per heavy atom. The molecule has 7 heteroatoms. The molecule has 1 N–H and O–H groups in total. The number of anilines is 3. The van der Waals surface area contributed by atoms with Crippen LogP contribution in [0, 0.1) is 0 Å². The average Bonchev–Trinajstić information content (AvgIpc) is 2.89. The van der Waals surface area contributed by atoms with Crippen LogP contribution in [-0.2, 0) is 4.79 Å². The first-order valence-corrected chi connectivity index (χ1v) is 12.5. The number of para-hydroxylation sites is 2. The summed E-state index contributed by atoms with van der Waals surface area (Å²) in [5.74, 6) is 0.926. The van der Waals surface area contributed by atoms with Gasteiger partial charge in [-0.05, 0) is 56.0 Å². The van der Waals surface area contributed by atoms with Crippen LogP contribution in [0.1, 0.15) is 49.4 Å². The first-order valence-electron chi connectivity index (χ1n) is 12.5. The molecule has 0 aliphatic carbocycles. The minimum atomic E-state index is -0.0166. The van der Waals surface area contributed by atoms with Gasteiger partial charge < -0.3 is 24.8 Å². The zero-order chi connectivity index (χ0) is 23.9. The number of likely N-dealkylation sites (tertiary alicyclic amines) is 1. The van der Waals surface area contributed by atoms with E-state index in [9.17, 15) is 9.59 Å². The van der Waals surface area contributed by atoms with Crippen molar-refractivity contribution in [2.45, 2.75) is 39.0 Å². The number of piperidine rings is 1. The molecule has 0 saturated carbocycles. The van der Waals surface area contributed by atoms with Crippen LogP contribution in [0.3, 0.4) is 0 Å². The molecule has 7 nitrogen and oxygen atoms in total. The van der Waals surface area contributed by atoms with Gasteiger partial charge in [-0.3, -0.25) is 9.59 Å². The fourth-order valence-corrected chi connectivity index (χ4v) is 4.86. The number of ether oxygens (including phenoxy) is 1. The van der Waals surface area contributed by atoms with Gasteiger partial charge in [-0.15, -0.1) is 0 Å². The lowest BCUT2D eigenvalue weighted by Crippen LogP contribution is -2.47. The molecular weight excluding hydrogens is 428 g/mol. The Morgan fingerprint density at radius 2 is 1.56 bits per heavy atom. The highest BCUT2D eigenvalue weighted by molar-refractivity contribution is 6.02. The van der Waals surface area contributed by atoms with Crippen molar-refractivity contribution in [3.05, 3.63) is 48.0 Å². The number of hydrogen-bond acceptors (Lipinski definition) is 5. The van der Waals surface area contributed by atoms with Crippen molar-refractivity contribution in [1.29, 1.82) is 0 Å². The van der Waals surface area contributed by atoms with Crippen molar-refractivity contribution < 1.29 is 14.3 Å². The largest absolute Gasteiger partial charge is 0.495 e. The summed E-state index contributed by atoms with van der Waals surface area (Å²) in [6.45, 7) is 6.87. The van der Waals surface area contributed by atoms with Gasteiger partial charge in [-0.2, -0.15) is 0 Å². The van der Waals surface area contributed by atoms with Crippen LogP contribution in [0.2, 0.25) is 0 Å². The zero-order valence-corrected chi connectivity index (χ0v) is 20.4. The van der Waals surface area contributed by atoms with Crippen LogP contribution >= 0.6 is 0 Å². The Bertz CT molecular complexity index is 995. The number of nitrogens with zero attached hydrogens (tertiary/aromatic N) is 3. The van der Waals surface area contributed by atoms with Gasteiger partial charge in [-0.1, -0.05) is 19.1 Å². The van der Waals surface area contributed by atoms with Crippen LogP contribution in [0.4, 0.5) is 17.1 Å². The molecule has 0 spiro atoms. The van der Waals surface area contributed by atoms with E-state index in [-0.39, 0.29) is 11.8 Å². The summed E-state index contributed by atoms with van der Waals surface area (Å²) in [6, 6.07) is 13.9. The molecule has 4 rings (SSSR count). The van der Waals surface area contributed by atoms with E-state index in [2.05, 4.69) is 21.2 Å². The molecule has 182 valence electrons. The molecule has 2 aliphatic heterocycles. The van der Waals surface area contributed by atoms with Gasteiger partial charge in [0.15, 0.2) is 0 Å². The Morgan fingerprint density at radius 3 is 2.24 bits per heavy atom. The number of benzene rings is 2. The Balaban J connectivity index is 1.55. The van der Waals surface area contributed by atoms with Gasteiger partial charge in [0.25, 0.3) is 5.91 Å². The number of amides is 2. The summed E-state index contributed by atoms with van der Waals surface area (Å²) in [5, 5.41) is 2.96. The van der Waals surface area contributed by atoms with E-state index in [1.807, 2.05) is 48.2 Å². The molecule has 2 saturated heterocycles. The van der Waals surface area contributed by atoms with Crippen LogP contribution < -0.4 is 19.9 Å². The quantitative estimate of drug-likeness (QED) is 0.659. The van der Waals surface area contributed by atoms with Crippen molar-refractivity contribution in [1.82, 2.24) is 4.90 Å². The standard InChI is InChI=1S/C27H36N4O3/c1-3-9-26(32)28-21-12-13-23(22(20-21)27(33)31-14-7-4-8-15-31)29-16-18-30(19-17-29)24-10-5-6-11-25(24)34-2/h5-6,10-13,20H,3-4,7-9,14-19H2,1-2H3,(H,28,32). The fourth-order valence-electron chi connectivity index (χ4n) is 4.86. The van der Waals surface area contributed by atoms with Crippen LogP contribution in [0.15, 0.2) is 42.5 Å². The second-order valence-electron chi connectivity index (χ2n) is 9.03. The number of piperazine rings is 1. The van der Waals surface area contributed by atoms with Crippen molar-refractivity contribution in [3.8, 4) is 5.75 Å². The Kier molecular flexibility index (Phi) is 7.93. The van der Waals surface area contributed by atoms with Gasteiger partial charge >= 0.3 is 0 Å². The van der Waals surface area contributed by atoms with E-state index in [0.29, 0.717) is 17.7 Å². The van der Waals surface area contributed by atoms with Crippen LogP contribution in [-0.4, -0.2) is 63.1 Å². The number of methoxy groups -OCH3 is 1. The molecule has 0 unspecified atom stereocenters. The number of rotatable bonds is 7. The summed E-state index contributed by atoms with van der Waals surface area (Å²) in [4.78, 5) is 32.3. The predicted molar refractivity (Wildman–Crippen MR) is 137 cm³/mol. The monoisotopic (exact) mass is 464 g/mol. The minimum absolute atomic E-state index is 0.0166. The van der Waals surface area contributed by atoms with E-state index >= 15 is 0 Å².